The van der Waals surface area contributed by atoms with Gasteiger partial charge in [-0.3, -0.25) is 0 Å². The van der Waals surface area contributed by atoms with Crippen LogP contribution in [0.2, 0.25) is 0 Å². The van der Waals surface area contributed by atoms with Gasteiger partial charge in [-0.1, -0.05) is 41.5 Å². The molecule has 0 amide bonds. The topological polar surface area (TPSA) is 22.1 Å². The third-order valence-electron chi connectivity index (χ3n) is 1.92. The summed E-state index contributed by atoms with van der Waals surface area (Å²) in [5.74, 6) is 0.737. The van der Waals surface area contributed by atoms with E-state index in [4.69, 9.17) is 4.74 Å². The second kappa shape index (κ2) is 8.03. The molecule has 1 aromatic rings. The maximum Gasteiger partial charge on any atom is 0.213 e. The highest BCUT2D eigenvalue weighted by molar-refractivity contribution is 14.1. The molecule has 14 heavy (non-hydrogen) atoms. The molecule has 0 radical (unpaired) electrons. The Kier molecular flexibility index (Phi) is 6.74. The van der Waals surface area contributed by atoms with Gasteiger partial charge in [0.1, 0.15) is 0 Å². The Labute approximate surface area is 99.2 Å². The molecule has 1 rings (SSSR count). The third-order valence-corrected chi connectivity index (χ3v) is 2.68. The zero-order chi connectivity index (χ0) is 10.1. The number of hydrogen-bond acceptors (Lipinski definition) is 2. The summed E-state index contributed by atoms with van der Waals surface area (Å²) in [7, 11) is 0. The minimum atomic E-state index is 0.737. The van der Waals surface area contributed by atoms with Crippen LogP contribution >= 0.6 is 22.6 Å². The maximum absolute atomic E-state index is 5.47. The number of ether oxygens (including phenoxy) is 1. The van der Waals surface area contributed by atoms with E-state index in [1.165, 1.54) is 23.7 Å². The van der Waals surface area contributed by atoms with Gasteiger partial charge in [0.25, 0.3) is 0 Å². The monoisotopic (exact) mass is 305 g/mol. The fourth-order valence-corrected chi connectivity index (χ4v) is 1.70. The Morgan fingerprint density at radius 3 is 2.71 bits per heavy atom. The molecule has 0 aliphatic rings. The number of aromatic nitrogens is 1. The van der Waals surface area contributed by atoms with Gasteiger partial charge < -0.3 is 4.74 Å². The molecule has 0 saturated carbocycles. The number of rotatable bonds is 7. The summed E-state index contributed by atoms with van der Waals surface area (Å²) < 4.78 is 6.74. The van der Waals surface area contributed by atoms with Crippen molar-refractivity contribution in [3.63, 3.8) is 0 Å². The van der Waals surface area contributed by atoms with Gasteiger partial charge in [-0.25, -0.2) is 4.98 Å². The number of hydrogen-bond donors (Lipinski definition) is 0. The summed E-state index contributed by atoms with van der Waals surface area (Å²) in [6, 6.07) is 5.73. The molecule has 0 N–H and O–H groups in total. The first-order valence-corrected chi connectivity index (χ1v) is 6.56. The van der Waals surface area contributed by atoms with Gasteiger partial charge in [-0.05, 0) is 23.3 Å². The lowest BCUT2D eigenvalue weighted by atomic mass is 10.2. The van der Waals surface area contributed by atoms with E-state index in [2.05, 4.69) is 27.6 Å². The van der Waals surface area contributed by atoms with E-state index < -0.39 is 0 Å². The quantitative estimate of drug-likeness (QED) is 0.437. The van der Waals surface area contributed by atoms with Gasteiger partial charge in [0, 0.05) is 12.3 Å². The molecule has 0 bridgehead atoms. The Morgan fingerprint density at radius 2 is 2.00 bits per heavy atom. The summed E-state index contributed by atoms with van der Waals surface area (Å²) in [4.78, 5) is 4.09. The van der Waals surface area contributed by atoms with Crippen molar-refractivity contribution in [2.24, 2.45) is 0 Å². The Hall–Kier alpha value is -0.320. The van der Waals surface area contributed by atoms with Crippen molar-refractivity contribution in [3.8, 4) is 5.88 Å². The average molecular weight is 305 g/mol. The SMILES string of the molecule is ICCCCCCOc1ccccn1. The molecule has 0 saturated heterocycles. The molecular formula is C11H16INO. The van der Waals surface area contributed by atoms with Gasteiger partial charge in [0.2, 0.25) is 5.88 Å². The Morgan fingerprint density at radius 1 is 1.14 bits per heavy atom. The molecular weight excluding hydrogens is 289 g/mol. The van der Waals surface area contributed by atoms with Crippen molar-refractivity contribution in [3.05, 3.63) is 24.4 Å². The number of unbranched alkanes of at least 4 members (excludes halogenated alkanes) is 3. The van der Waals surface area contributed by atoms with Gasteiger partial charge in [-0.2, -0.15) is 0 Å². The van der Waals surface area contributed by atoms with Crippen LogP contribution in [-0.4, -0.2) is 16.0 Å². The summed E-state index contributed by atoms with van der Waals surface area (Å²) in [5, 5.41) is 0. The van der Waals surface area contributed by atoms with Crippen LogP contribution in [0.5, 0.6) is 5.88 Å². The van der Waals surface area contributed by atoms with Crippen LogP contribution in [0.1, 0.15) is 25.7 Å². The first-order valence-electron chi connectivity index (χ1n) is 5.03. The molecule has 0 atom stereocenters. The average Bonchev–Trinajstić information content (AvgIpc) is 2.25. The van der Waals surface area contributed by atoms with Crippen LogP contribution in [0.15, 0.2) is 24.4 Å². The van der Waals surface area contributed by atoms with Crippen molar-refractivity contribution in [2.45, 2.75) is 25.7 Å². The molecule has 3 heteroatoms. The van der Waals surface area contributed by atoms with Crippen molar-refractivity contribution in [1.82, 2.24) is 4.98 Å². The summed E-state index contributed by atoms with van der Waals surface area (Å²) in [6.07, 6.45) is 6.78. The standard InChI is InChI=1S/C11H16INO/c12-8-4-1-2-6-10-14-11-7-3-5-9-13-11/h3,5,7,9H,1-2,4,6,8,10H2. The van der Waals surface area contributed by atoms with Crippen LogP contribution in [-0.2, 0) is 0 Å². The maximum atomic E-state index is 5.47. The van der Waals surface area contributed by atoms with Crippen molar-refractivity contribution < 1.29 is 4.74 Å². The fraction of sp³-hybridized carbons (Fsp3) is 0.545. The van der Waals surface area contributed by atoms with Crippen molar-refractivity contribution in [2.75, 3.05) is 11.0 Å². The molecule has 0 unspecified atom stereocenters. The lowest BCUT2D eigenvalue weighted by molar-refractivity contribution is 0.294. The van der Waals surface area contributed by atoms with Crippen molar-refractivity contribution in [1.29, 1.82) is 0 Å². The molecule has 0 aromatic carbocycles. The molecule has 1 aromatic heterocycles. The first-order chi connectivity index (χ1) is 6.93. The van der Waals surface area contributed by atoms with E-state index in [-0.39, 0.29) is 0 Å². The molecule has 1 heterocycles. The molecule has 0 aliphatic carbocycles. The van der Waals surface area contributed by atoms with E-state index in [9.17, 15) is 0 Å². The van der Waals surface area contributed by atoms with Crippen LogP contribution in [0.4, 0.5) is 0 Å². The van der Waals surface area contributed by atoms with Gasteiger partial charge >= 0.3 is 0 Å². The first kappa shape index (κ1) is 11.8. The Bertz CT molecular complexity index is 228. The predicted octanol–water partition coefficient (Wildman–Crippen LogP) is 3.46. The van der Waals surface area contributed by atoms with Crippen LogP contribution in [0, 0.1) is 0 Å². The van der Waals surface area contributed by atoms with Gasteiger partial charge in [0.15, 0.2) is 0 Å². The van der Waals surface area contributed by atoms with E-state index in [1.807, 2.05) is 18.2 Å². The van der Waals surface area contributed by atoms with Crippen LogP contribution in [0.3, 0.4) is 0 Å². The fourth-order valence-electron chi connectivity index (χ4n) is 1.16. The van der Waals surface area contributed by atoms with Gasteiger partial charge in [0.05, 0.1) is 6.61 Å². The summed E-state index contributed by atoms with van der Waals surface area (Å²) >= 11 is 2.42. The second-order valence-electron chi connectivity index (χ2n) is 3.12. The minimum absolute atomic E-state index is 0.737. The van der Waals surface area contributed by atoms with Crippen LogP contribution < -0.4 is 4.74 Å². The second-order valence-corrected chi connectivity index (χ2v) is 4.20. The Balaban J connectivity index is 1.99. The highest BCUT2D eigenvalue weighted by Crippen LogP contribution is 2.06. The minimum Gasteiger partial charge on any atom is -0.478 e. The normalized spacial score (nSPS) is 10.1. The lowest BCUT2D eigenvalue weighted by Crippen LogP contribution is -1.98. The lowest BCUT2D eigenvalue weighted by Gasteiger charge is -2.03. The number of nitrogens with zero attached hydrogens (tertiary/aromatic N) is 1. The number of pyridine rings is 1. The molecule has 0 aliphatic heterocycles. The van der Waals surface area contributed by atoms with E-state index in [0.29, 0.717) is 0 Å². The predicted molar refractivity (Wildman–Crippen MR) is 67.1 cm³/mol. The van der Waals surface area contributed by atoms with E-state index >= 15 is 0 Å². The molecule has 2 nitrogen and oxygen atoms in total. The summed E-state index contributed by atoms with van der Waals surface area (Å²) in [6.45, 7) is 0.790. The number of halogens is 1. The van der Waals surface area contributed by atoms with Crippen LogP contribution in [0.25, 0.3) is 0 Å². The molecule has 78 valence electrons. The largest absolute Gasteiger partial charge is 0.478 e. The van der Waals surface area contributed by atoms with E-state index in [0.717, 1.165) is 18.9 Å². The third kappa shape index (κ3) is 5.42. The highest BCUT2D eigenvalue weighted by atomic mass is 127. The zero-order valence-corrected chi connectivity index (χ0v) is 10.4. The summed E-state index contributed by atoms with van der Waals surface area (Å²) in [5.41, 5.74) is 0. The smallest absolute Gasteiger partial charge is 0.213 e. The highest BCUT2D eigenvalue weighted by Gasteiger charge is 1.93. The number of alkyl halides is 1. The van der Waals surface area contributed by atoms with E-state index in [1.54, 1.807) is 6.20 Å². The zero-order valence-electron chi connectivity index (χ0n) is 8.29. The van der Waals surface area contributed by atoms with Crippen molar-refractivity contribution >= 4 is 22.6 Å². The van der Waals surface area contributed by atoms with Gasteiger partial charge in [-0.15, -0.1) is 0 Å². The molecule has 0 spiro atoms. The molecule has 0 fully saturated rings.